The molecule has 19 heavy (non-hydrogen) atoms. The minimum atomic E-state index is 0. The summed E-state index contributed by atoms with van der Waals surface area (Å²) < 4.78 is 0. The molecular formula is C13H19Cl2N3O. The van der Waals surface area contributed by atoms with Crippen molar-refractivity contribution in [2.24, 2.45) is 5.92 Å². The molecule has 0 spiro atoms. The summed E-state index contributed by atoms with van der Waals surface area (Å²) in [6, 6.07) is 6.12. The van der Waals surface area contributed by atoms with E-state index < -0.39 is 0 Å². The van der Waals surface area contributed by atoms with Gasteiger partial charge in [-0.25, -0.2) is 0 Å². The molecule has 4 nitrogen and oxygen atoms in total. The molecule has 1 amide bonds. The first-order valence-corrected chi connectivity index (χ1v) is 6.28. The Kier molecular flexibility index (Phi) is 6.04. The number of hydrogen-bond acceptors (Lipinski definition) is 3. The molecule has 106 valence electrons. The summed E-state index contributed by atoms with van der Waals surface area (Å²) in [6.45, 7) is 2.83. The van der Waals surface area contributed by atoms with Gasteiger partial charge in [-0.05, 0) is 37.4 Å². The molecule has 3 heterocycles. The molecular weight excluding hydrogens is 285 g/mol. The molecule has 0 bridgehead atoms. The number of carbonyl (C=O) groups is 1. The monoisotopic (exact) mass is 303 g/mol. The van der Waals surface area contributed by atoms with Crippen LogP contribution in [0.1, 0.15) is 23.3 Å². The fourth-order valence-electron chi connectivity index (χ4n) is 2.88. The van der Waals surface area contributed by atoms with Crippen molar-refractivity contribution in [3.63, 3.8) is 0 Å². The summed E-state index contributed by atoms with van der Waals surface area (Å²) in [5.41, 5.74) is 0.567. The predicted molar refractivity (Wildman–Crippen MR) is 79.2 cm³/mol. The number of amides is 1. The van der Waals surface area contributed by atoms with E-state index in [0.29, 0.717) is 17.7 Å². The summed E-state index contributed by atoms with van der Waals surface area (Å²) in [5.74, 6) is 0.715. The number of fused-ring (bicyclic) bond motifs is 1. The Morgan fingerprint density at radius 3 is 2.89 bits per heavy atom. The number of nitrogens with one attached hydrogen (secondary N) is 1. The van der Waals surface area contributed by atoms with Crippen LogP contribution in [0.5, 0.6) is 0 Å². The van der Waals surface area contributed by atoms with Crippen molar-refractivity contribution in [1.29, 1.82) is 0 Å². The zero-order valence-electron chi connectivity index (χ0n) is 10.6. The lowest BCUT2D eigenvalue weighted by atomic mass is 9.93. The molecule has 3 rings (SSSR count). The highest BCUT2D eigenvalue weighted by Gasteiger charge is 2.34. The first-order valence-electron chi connectivity index (χ1n) is 6.28. The minimum absolute atomic E-state index is 0. The molecule has 0 radical (unpaired) electrons. The van der Waals surface area contributed by atoms with Crippen LogP contribution < -0.4 is 5.32 Å². The maximum atomic E-state index is 12.2. The van der Waals surface area contributed by atoms with Crippen LogP contribution in [-0.4, -0.2) is 41.5 Å². The largest absolute Gasteiger partial charge is 0.337 e. The zero-order valence-corrected chi connectivity index (χ0v) is 12.3. The lowest BCUT2D eigenvalue weighted by Crippen LogP contribution is -2.47. The van der Waals surface area contributed by atoms with Crippen LogP contribution >= 0.6 is 24.8 Å². The van der Waals surface area contributed by atoms with E-state index in [1.54, 1.807) is 12.3 Å². The van der Waals surface area contributed by atoms with Crippen LogP contribution in [-0.2, 0) is 0 Å². The van der Waals surface area contributed by atoms with Gasteiger partial charge in [-0.2, -0.15) is 0 Å². The van der Waals surface area contributed by atoms with Gasteiger partial charge in [0.05, 0.1) is 0 Å². The Labute approximate surface area is 125 Å². The van der Waals surface area contributed by atoms with Gasteiger partial charge in [-0.15, -0.1) is 24.8 Å². The fraction of sp³-hybridized carbons (Fsp3) is 0.538. The molecule has 0 aliphatic carbocycles. The zero-order chi connectivity index (χ0) is 11.7. The van der Waals surface area contributed by atoms with Gasteiger partial charge in [0.2, 0.25) is 0 Å². The third-order valence-corrected chi connectivity index (χ3v) is 3.83. The summed E-state index contributed by atoms with van der Waals surface area (Å²) in [7, 11) is 0. The number of pyridine rings is 1. The molecule has 2 atom stereocenters. The molecule has 6 heteroatoms. The molecule has 1 N–H and O–H groups in total. The van der Waals surface area contributed by atoms with Gasteiger partial charge < -0.3 is 10.2 Å². The van der Waals surface area contributed by atoms with Crippen molar-refractivity contribution in [2.45, 2.75) is 18.9 Å². The number of carbonyl (C=O) groups excluding carboxylic acids is 1. The number of nitrogens with zero attached hydrogens (tertiary/aromatic N) is 2. The van der Waals surface area contributed by atoms with Crippen molar-refractivity contribution in [2.75, 3.05) is 19.6 Å². The van der Waals surface area contributed by atoms with Gasteiger partial charge in [0, 0.05) is 25.3 Å². The topological polar surface area (TPSA) is 45.2 Å². The first-order chi connectivity index (χ1) is 8.34. The van der Waals surface area contributed by atoms with Gasteiger partial charge in [0.15, 0.2) is 0 Å². The highest BCUT2D eigenvalue weighted by molar-refractivity contribution is 5.92. The van der Waals surface area contributed by atoms with Crippen molar-refractivity contribution in [3.05, 3.63) is 30.1 Å². The average molecular weight is 304 g/mol. The summed E-state index contributed by atoms with van der Waals surface area (Å²) in [4.78, 5) is 18.3. The third-order valence-electron chi connectivity index (χ3n) is 3.83. The molecule has 2 aliphatic rings. The Bertz CT molecular complexity index is 416. The SMILES string of the molecule is Cl.Cl.O=C(c1ccccn1)N1CCC2NCCC2C1. The second-order valence-corrected chi connectivity index (χ2v) is 4.86. The maximum absolute atomic E-state index is 12.2. The Hall–Kier alpha value is -0.840. The van der Waals surface area contributed by atoms with E-state index in [0.717, 1.165) is 26.1 Å². The Morgan fingerprint density at radius 2 is 2.16 bits per heavy atom. The molecule has 2 aliphatic heterocycles. The van der Waals surface area contributed by atoms with Crippen LogP contribution in [0.2, 0.25) is 0 Å². The maximum Gasteiger partial charge on any atom is 0.272 e. The van der Waals surface area contributed by atoms with Crippen LogP contribution in [0.25, 0.3) is 0 Å². The van der Waals surface area contributed by atoms with Gasteiger partial charge in [-0.3, -0.25) is 9.78 Å². The molecule has 2 saturated heterocycles. The van der Waals surface area contributed by atoms with Crippen LogP contribution in [0.3, 0.4) is 0 Å². The van der Waals surface area contributed by atoms with E-state index in [1.807, 2.05) is 17.0 Å². The molecule has 1 aromatic heterocycles. The highest BCUT2D eigenvalue weighted by Crippen LogP contribution is 2.25. The smallest absolute Gasteiger partial charge is 0.272 e. The van der Waals surface area contributed by atoms with E-state index in [9.17, 15) is 4.79 Å². The second kappa shape index (κ2) is 7.08. The van der Waals surface area contributed by atoms with Gasteiger partial charge in [0.1, 0.15) is 5.69 Å². The summed E-state index contributed by atoms with van der Waals surface area (Å²) in [5, 5.41) is 3.50. The van der Waals surface area contributed by atoms with Crippen LogP contribution in [0.4, 0.5) is 0 Å². The van der Waals surface area contributed by atoms with Crippen LogP contribution in [0.15, 0.2) is 24.4 Å². The van der Waals surface area contributed by atoms with Gasteiger partial charge in [-0.1, -0.05) is 6.07 Å². The van der Waals surface area contributed by atoms with E-state index >= 15 is 0 Å². The van der Waals surface area contributed by atoms with Crippen molar-refractivity contribution in [3.8, 4) is 0 Å². The lowest BCUT2D eigenvalue weighted by Gasteiger charge is -2.34. The summed E-state index contributed by atoms with van der Waals surface area (Å²) in [6.07, 6.45) is 3.94. The lowest BCUT2D eigenvalue weighted by molar-refractivity contribution is 0.0656. The quantitative estimate of drug-likeness (QED) is 0.860. The van der Waals surface area contributed by atoms with Crippen molar-refractivity contribution in [1.82, 2.24) is 15.2 Å². The Morgan fingerprint density at radius 1 is 1.32 bits per heavy atom. The normalized spacial score (nSPS) is 24.9. The molecule has 1 aromatic rings. The average Bonchev–Trinajstić information content (AvgIpc) is 2.86. The predicted octanol–water partition coefficient (Wildman–Crippen LogP) is 1.75. The van der Waals surface area contributed by atoms with E-state index in [2.05, 4.69) is 10.3 Å². The molecule has 2 fully saturated rings. The minimum Gasteiger partial charge on any atom is -0.337 e. The van der Waals surface area contributed by atoms with E-state index in [4.69, 9.17) is 0 Å². The number of rotatable bonds is 1. The first kappa shape index (κ1) is 16.2. The van der Waals surface area contributed by atoms with Gasteiger partial charge >= 0.3 is 0 Å². The number of piperidine rings is 1. The number of likely N-dealkylation sites (tertiary alicyclic amines) is 1. The third kappa shape index (κ3) is 3.38. The molecule has 2 unspecified atom stereocenters. The highest BCUT2D eigenvalue weighted by atomic mass is 35.5. The van der Waals surface area contributed by atoms with Crippen molar-refractivity contribution < 1.29 is 4.79 Å². The number of halogens is 2. The Balaban J connectivity index is 0.000000902. The van der Waals surface area contributed by atoms with Crippen molar-refractivity contribution >= 4 is 30.7 Å². The molecule has 0 saturated carbocycles. The second-order valence-electron chi connectivity index (χ2n) is 4.86. The van der Waals surface area contributed by atoms with E-state index in [1.165, 1.54) is 6.42 Å². The van der Waals surface area contributed by atoms with E-state index in [-0.39, 0.29) is 30.7 Å². The fourth-order valence-corrected chi connectivity index (χ4v) is 2.88. The molecule has 0 aromatic carbocycles. The standard InChI is InChI=1S/C13H17N3O.2ClH/c17-13(12-3-1-2-6-14-12)16-8-5-11-10(9-16)4-7-15-11;;/h1-3,6,10-11,15H,4-5,7-9H2;2*1H. The number of aromatic nitrogens is 1. The summed E-state index contributed by atoms with van der Waals surface area (Å²) >= 11 is 0. The number of hydrogen-bond donors (Lipinski definition) is 1. The van der Waals surface area contributed by atoms with Gasteiger partial charge in [0.25, 0.3) is 5.91 Å². The van der Waals surface area contributed by atoms with Crippen LogP contribution in [0, 0.1) is 5.92 Å².